The van der Waals surface area contributed by atoms with Crippen molar-refractivity contribution in [2.45, 2.75) is 49.3 Å². The Morgan fingerprint density at radius 1 is 0.633 bits per heavy atom. The first-order valence-corrected chi connectivity index (χ1v) is 7.65. The van der Waals surface area contributed by atoms with Crippen LogP contribution in [0.1, 0.15) is 24.5 Å². The average Bonchev–Trinajstić information content (AvgIpc) is 2.53. The fourth-order valence-corrected chi connectivity index (χ4v) is 2.30. The second kappa shape index (κ2) is 7.66. The minimum absolute atomic E-state index is 0.00514. The number of hydrogen-bond acceptors (Lipinski definition) is 3. The Balaban J connectivity index is 4.02. The minimum Gasteiger partial charge on any atom is -0.494 e. The van der Waals surface area contributed by atoms with Gasteiger partial charge in [0.25, 0.3) is 11.2 Å². The van der Waals surface area contributed by atoms with E-state index in [2.05, 4.69) is 4.74 Å². The van der Waals surface area contributed by atoms with Gasteiger partial charge in [-0.1, -0.05) is 6.92 Å². The predicted molar refractivity (Wildman–Crippen MR) is 74.2 cm³/mol. The van der Waals surface area contributed by atoms with Gasteiger partial charge in [-0.25, -0.2) is 0 Å². The first-order valence-electron chi connectivity index (χ1n) is 7.65. The van der Waals surface area contributed by atoms with E-state index in [1.54, 1.807) is 0 Å². The first kappa shape index (κ1) is 26.1. The summed E-state index contributed by atoms with van der Waals surface area (Å²) in [5.74, 6) is -1.30. The fourth-order valence-electron chi connectivity index (χ4n) is 2.30. The van der Waals surface area contributed by atoms with Crippen molar-refractivity contribution in [1.29, 1.82) is 0 Å². The van der Waals surface area contributed by atoms with Gasteiger partial charge in [-0.15, -0.1) is 0 Å². The van der Waals surface area contributed by atoms with E-state index < -0.39 is 65.5 Å². The van der Waals surface area contributed by atoms with Crippen molar-refractivity contribution in [2.75, 3.05) is 6.61 Å². The molecule has 0 aliphatic rings. The van der Waals surface area contributed by atoms with Gasteiger partial charge in [0.15, 0.2) is 0 Å². The van der Waals surface area contributed by atoms with Gasteiger partial charge in [-0.3, -0.25) is 0 Å². The highest BCUT2D eigenvalue weighted by Gasteiger charge is 2.74. The molecule has 0 unspecified atom stereocenters. The van der Waals surface area contributed by atoms with Crippen molar-refractivity contribution in [3.8, 4) is 5.75 Å². The highest BCUT2D eigenvalue weighted by molar-refractivity contribution is 5.43. The van der Waals surface area contributed by atoms with E-state index in [1.165, 1.54) is 6.92 Å². The maximum atomic E-state index is 13.0. The van der Waals surface area contributed by atoms with Crippen LogP contribution in [0, 0.1) is 0 Å². The summed E-state index contributed by atoms with van der Waals surface area (Å²) in [4.78, 5) is 0. The minimum atomic E-state index is -6.61. The molecular formula is C15H12F12O3. The number of aliphatic hydroxyl groups is 2. The van der Waals surface area contributed by atoms with Crippen molar-refractivity contribution in [1.82, 2.24) is 0 Å². The molecule has 0 amide bonds. The molecule has 0 bridgehead atoms. The third kappa shape index (κ3) is 4.26. The smallest absolute Gasteiger partial charge is 0.430 e. The third-order valence-corrected chi connectivity index (χ3v) is 3.86. The zero-order valence-electron chi connectivity index (χ0n) is 14.5. The molecule has 0 heterocycles. The number of alkyl halides is 12. The lowest BCUT2D eigenvalue weighted by atomic mass is 9.85. The van der Waals surface area contributed by atoms with Crippen LogP contribution in [0.2, 0.25) is 0 Å². The molecule has 0 saturated heterocycles. The largest absolute Gasteiger partial charge is 0.494 e. The molecule has 0 aliphatic heterocycles. The van der Waals surface area contributed by atoms with Crippen LogP contribution in [-0.2, 0) is 11.2 Å². The molecular weight excluding hydrogens is 456 g/mol. The lowest BCUT2D eigenvalue weighted by Gasteiger charge is -2.36. The third-order valence-electron chi connectivity index (χ3n) is 3.86. The van der Waals surface area contributed by atoms with Crippen LogP contribution in [0.25, 0.3) is 0 Å². The number of benzene rings is 1. The molecule has 30 heavy (non-hydrogen) atoms. The van der Waals surface area contributed by atoms with Crippen molar-refractivity contribution in [2.24, 2.45) is 0 Å². The summed E-state index contributed by atoms with van der Waals surface area (Å²) in [7, 11) is 0. The highest BCUT2D eigenvalue weighted by Crippen LogP contribution is 2.54. The summed E-state index contributed by atoms with van der Waals surface area (Å²) in [5, 5.41) is 18.7. The van der Waals surface area contributed by atoms with Gasteiger partial charge in [0.2, 0.25) is 0 Å². The highest BCUT2D eigenvalue weighted by atomic mass is 19.4. The maximum absolute atomic E-state index is 13.0. The molecule has 2 N–H and O–H groups in total. The summed E-state index contributed by atoms with van der Waals surface area (Å²) in [6.07, 6.45) is -26.4. The predicted octanol–water partition coefficient (Wildman–Crippen LogP) is 5.10. The summed E-state index contributed by atoms with van der Waals surface area (Å²) < 4.78 is 161. The van der Waals surface area contributed by atoms with Crippen LogP contribution in [0.4, 0.5) is 52.7 Å². The van der Waals surface area contributed by atoms with Crippen LogP contribution >= 0.6 is 0 Å². The van der Waals surface area contributed by atoms with Gasteiger partial charge >= 0.3 is 24.7 Å². The Morgan fingerprint density at radius 2 is 0.933 bits per heavy atom. The average molecular weight is 468 g/mol. The number of rotatable bonds is 5. The molecule has 0 aliphatic carbocycles. The molecule has 0 fully saturated rings. The number of halogens is 12. The van der Waals surface area contributed by atoms with Crippen LogP contribution in [0.15, 0.2) is 18.2 Å². The molecule has 0 spiro atoms. The first-order chi connectivity index (χ1) is 13.1. The number of ether oxygens (including phenoxy) is 1. The Kier molecular flexibility index (Phi) is 6.67. The summed E-state index contributed by atoms with van der Waals surface area (Å²) in [5.41, 5.74) is -16.6. The second-order valence-corrected chi connectivity index (χ2v) is 6.01. The quantitative estimate of drug-likeness (QED) is 0.592. The van der Waals surface area contributed by atoms with Gasteiger partial charge in [-0.05, 0) is 24.6 Å². The standard InChI is InChI=1S/C15H12F12O3/c1-2-3-30-9-5-7(10(28,12(16,17)18)13(19,20)21)4-8(6-9)11(29,14(22,23)24)15(25,26)27/h4-6,28-29H,2-3H2,1H3. The molecule has 174 valence electrons. The molecule has 0 atom stereocenters. The van der Waals surface area contributed by atoms with Crippen LogP contribution < -0.4 is 4.74 Å². The van der Waals surface area contributed by atoms with Gasteiger partial charge in [0, 0.05) is 11.1 Å². The molecule has 0 saturated carbocycles. The van der Waals surface area contributed by atoms with Crippen molar-refractivity contribution in [3.63, 3.8) is 0 Å². The maximum Gasteiger partial charge on any atom is 0.430 e. The van der Waals surface area contributed by atoms with Crippen molar-refractivity contribution >= 4 is 0 Å². The molecule has 3 nitrogen and oxygen atoms in total. The SMILES string of the molecule is CCCOc1cc(C(O)(C(F)(F)F)C(F)(F)F)cc(C(O)(C(F)(F)F)C(F)(F)F)c1. The fraction of sp³-hybridized carbons (Fsp3) is 0.600. The Bertz CT molecular complexity index is 661. The molecule has 0 radical (unpaired) electrons. The Hall–Kier alpha value is -1.90. The topological polar surface area (TPSA) is 49.7 Å². The van der Waals surface area contributed by atoms with Gasteiger partial charge in [0.05, 0.1) is 6.61 Å². The zero-order valence-corrected chi connectivity index (χ0v) is 14.5. The van der Waals surface area contributed by atoms with Crippen molar-refractivity contribution in [3.05, 3.63) is 29.3 Å². The Labute approximate surface area is 159 Å². The molecule has 1 aromatic rings. The van der Waals surface area contributed by atoms with Gasteiger partial charge < -0.3 is 14.9 Å². The number of hydrogen-bond donors (Lipinski definition) is 2. The van der Waals surface area contributed by atoms with Gasteiger partial charge in [0.1, 0.15) is 5.75 Å². The second-order valence-electron chi connectivity index (χ2n) is 6.01. The zero-order chi connectivity index (χ0) is 24.0. The van der Waals surface area contributed by atoms with Gasteiger partial charge in [-0.2, -0.15) is 52.7 Å². The lowest BCUT2D eigenvalue weighted by molar-refractivity contribution is -0.378. The van der Waals surface area contributed by atoms with E-state index in [0.29, 0.717) is 0 Å². The van der Waals surface area contributed by atoms with E-state index in [4.69, 9.17) is 0 Å². The van der Waals surface area contributed by atoms with Crippen LogP contribution in [-0.4, -0.2) is 41.5 Å². The van der Waals surface area contributed by atoms with E-state index >= 15 is 0 Å². The van der Waals surface area contributed by atoms with E-state index in [0.717, 1.165) is 0 Å². The molecule has 0 aromatic heterocycles. The van der Waals surface area contributed by atoms with Crippen molar-refractivity contribution < 1.29 is 67.6 Å². The van der Waals surface area contributed by atoms with E-state index in [1.807, 2.05) is 0 Å². The molecule has 1 aromatic carbocycles. The monoisotopic (exact) mass is 468 g/mol. The normalized spacial score (nSPS) is 14.8. The molecule has 15 heteroatoms. The van der Waals surface area contributed by atoms with E-state index in [-0.39, 0.29) is 18.6 Å². The summed E-state index contributed by atoms with van der Waals surface area (Å²) in [6, 6.07) is -1.30. The Morgan fingerprint density at radius 3 is 1.17 bits per heavy atom. The summed E-state index contributed by atoms with van der Waals surface area (Å²) in [6.45, 7) is 0.824. The molecule has 1 rings (SSSR count). The lowest BCUT2D eigenvalue weighted by Crippen LogP contribution is -2.55. The van der Waals surface area contributed by atoms with Crippen LogP contribution in [0.5, 0.6) is 5.75 Å². The van der Waals surface area contributed by atoms with Crippen LogP contribution in [0.3, 0.4) is 0 Å². The summed E-state index contributed by atoms with van der Waals surface area (Å²) >= 11 is 0. The van der Waals surface area contributed by atoms with E-state index in [9.17, 15) is 62.9 Å².